The lowest BCUT2D eigenvalue weighted by Crippen LogP contribution is -2.49. The number of aromatic nitrogens is 1. The van der Waals surface area contributed by atoms with Gasteiger partial charge in [0.15, 0.2) is 5.79 Å². The molecule has 2 aromatic rings. The summed E-state index contributed by atoms with van der Waals surface area (Å²) >= 11 is 1.85. The Hall–Kier alpha value is -1.55. The number of thiophene rings is 1. The smallest absolute Gasteiger partial charge is 0.171 e. The summed E-state index contributed by atoms with van der Waals surface area (Å²) in [7, 11) is 0. The second-order valence-corrected chi connectivity index (χ2v) is 11.5. The molecule has 4 fully saturated rings. The predicted octanol–water partition coefficient (Wildman–Crippen LogP) is 3.87. The second-order valence-electron chi connectivity index (χ2n) is 10.5. The normalized spacial score (nSPS) is 30.5. The van der Waals surface area contributed by atoms with Crippen molar-refractivity contribution in [2.24, 2.45) is 0 Å². The van der Waals surface area contributed by atoms with Gasteiger partial charge in [-0.25, -0.2) is 0 Å². The third-order valence-corrected chi connectivity index (χ3v) is 9.30. The number of ether oxygens (including phenoxy) is 4. The number of pyridine rings is 1. The van der Waals surface area contributed by atoms with Crippen LogP contribution in [0.4, 0.5) is 5.69 Å². The Morgan fingerprint density at radius 1 is 0.971 bits per heavy atom. The highest BCUT2D eigenvalue weighted by molar-refractivity contribution is 7.10. The molecule has 1 N–H and O–H groups in total. The van der Waals surface area contributed by atoms with Crippen LogP contribution in [0.3, 0.4) is 0 Å². The van der Waals surface area contributed by atoms with Gasteiger partial charge < -0.3 is 29.2 Å². The van der Waals surface area contributed by atoms with Gasteiger partial charge in [0, 0.05) is 74.3 Å². The van der Waals surface area contributed by atoms with Crippen LogP contribution < -0.4 is 10.2 Å². The van der Waals surface area contributed by atoms with Crippen LogP contribution in [0.1, 0.15) is 49.1 Å². The van der Waals surface area contributed by atoms with Crippen molar-refractivity contribution >= 4 is 17.0 Å². The summed E-state index contributed by atoms with van der Waals surface area (Å²) in [6, 6.07) is 8.60. The maximum Gasteiger partial charge on any atom is 0.171 e. The first-order valence-corrected chi connectivity index (χ1v) is 14.0. The standard InChI is InChI=1S/C27H37N3O4S/c1-2-10-29-24(3-1)25(8-15-32-26(20-25)9-14-31-21-26)5-11-28-19-23-22(4-18-35-23)30-12-6-27(7-13-30)33-16-17-34-27/h1-4,10,18,28H,5-9,11-17,19-21H2. The van der Waals surface area contributed by atoms with Crippen LogP contribution in [-0.2, 0) is 30.9 Å². The molecule has 0 bridgehead atoms. The molecule has 0 aliphatic carbocycles. The van der Waals surface area contributed by atoms with Crippen molar-refractivity contribution in [3.63, 3.8) is 0 Å². The minimum Gasteiger partial charge on any atom is -0.378 e. The van der Waals surface area contributed by atoms with E-state index in [1.165, 1.54) is 16.3 Å². The molecule has 0 saturated carbocycles. The molecule has 4 aliphatic rings. The average molecular weight is 500 g/mol. The van der Waals surface area contributed by atoms with Crippen LogP contribution in [0, 0.1) is 0 Å². The summed E-state index contributed by atoms with van der Waals surface area (Å²) in [6.45, 7) is 7.56. The van der Waals surface area contributed by atoms with Gasteiger partial charge in [0.2, 0.25) is 0 Å². The largest absolute Gasteiger partial charge is 0.378 e. The summed E-state index contributed by atoms with van der Waals surface area (Å²) < 4.78 is 23.9. The van der Waals surface area contributed by atoms with Gasteiger partial charge in [-0.2, -0.15) is 0 Å². The Morgan fingerprint density at radius 3 is 2.63 bits per heavy atom. The third-order valence-electron chi connectivity index (χ3n) is 8.39. The van der Waals surface area contributed by atoms with E-state index in [1.54, 1.807) is 0 Å². The van der Waals surface area contributed by atoms with Gasteiger partial charge in [-0.3, -0.25) is 4.98 Å². The minimum absolute atomic E-state index is 0.0287. The first-order valence-electron chi connectivity index (χ1n) is 13.1. The van der Waals surface area contributed by atoms with Crippen LogP contribution in [0.5, 0.6) is 0 Å². The molecule has 2 aromatic heterocycles. The topological polar surface area (TPSA) is 65.1 Å². The summed E-state index contributed by atoms with van der Waals surface area (Å²) in [5.74, 6) is -0.323. The number of piperidine rings is 1. The maximum absolute atomic E-state index is 6.29. The Kier molecular flexibility index (Phi) is 6.86. The Balaban J connectivity index is 1.08. The van der Waals surface area contributed by atoms with Gasteiger partial charge in [-0.1, -0.05) is 6.07 Å². The fraction of sp³-hybridized carbons (Fsp3) is 0.667. The molecule has 0 aromatic carbocycles. The van der Waals surface area contributed by atoms with E-state index in [2.05, 4.69) is 33.8 Å². The van der Waals surface area contributed by atoms with Crippen molar-refractivity contribution in [1.82, 2.24) is 10.3 Å². The van der Waals surface area contributed by atoms with E-state index in [4.69, 9.17) is 23.9 Å². The number of hydrogen-bond acceptors (Lipinski definition) is 8. The quantitative estimate of drug-likeness (QED) is 0.580. The van der Waals surface area contributed by atoms with E-state index in [-0.39, 0.29) is 16.8 Å². The molecule has 2 atom stereocenters. The molecule has 8 heteroatoms. The molecule has 7 nitrogen and oxygen atoms in total. The molecular formula is C27H37N3O4S. The van der Waals surface area contributed by atoms with E-state index >= 15 is 0 Å². The second kappa shape index (κ2) is 10.1. The van der Waals surface area contributed by atoms with Gasteiger partial charge in [0.05, 0.1) is 31.1 Å². The minimum atomic E-state index is -0.323. The lowest BCUT2D eigenvalue weighted by Gasteiger charge is -2.45. The van der Waals surface area contributed by atoms with Gasteiger partial charge >= 0.3 is 0 Å². The van der Waals surface area contributed by atoms with Crippen LogP contribution in [0.15, 0.2) is 35.8 Å². The van der Waals surface area contributed by atoms with E-state index in [0.29, 0.717) is 6.61 Å². The fourth-order valence-electron chi connectivity index (χ4n) is 6.45. The molecule has 2 unspecified atom stereocenters. The highest BCUT2D eigenvalue weighted by Crippen LogP contribution is 2.46. The van der Waals surface area contributed by atoms with Gasteiger partial charge in [-0.05, 0) is 49.4 Å². The lowest BCUT2D eigenvalue weighted by atomic mass is 9.68. The first kappa shape index (κ1) is 23.8. The van der Waals surface area contributed by atoms with Crippen molar-refractivity contribution in [2.45, 2.75) is 61.9 Å². The van der Waals surface area contributed by atoms with E-state index in [1.807, 2.05) is 23.6 Å². The van der Waals surface area contributed by atoms with Crippen molar-refractivity contribution in [3.05, 3.63) is 46.4 Å². The van der Waals surface area contributed by atoms with Crippen LogP contribution >= 0.6 is 11.3 Å². The van der Waals surface area contributed by atoms with Gasteiger partial charge in [0.1, 0.15) is 0 Å². The van der Waals surface area contributed by atoms with Crippen molar-refractivity contribution in [2.75, 3.05) is 57.6 Å². The monoisotopic (exact) mass is 499 g/mol. The molecule has 35 heavy (non-hydrogen) atoms. The van der Waals surface area contributed by atoms with Crippen LogP contribution in [-0.4, -0.2) is 69.0 Å². The van der Waals surface area contributed by atoms with Crippen LogP contribution in [0.2, 0.25) is 0 Å². The fourth-order valence-corrected chi connectivity index (χ4v) is 7.31. The van der Waals surface area contributed by atoms with E-state index in [0.717, 1.165) is 91.1 Å². The molecule has 4 aliphatic heterocycles. The first-order chi connectivity index (χ1) is 17.2. The van der Waals surface area contributed by atoms with Crippen molar-refractivity contribution in [3.8, 4) is 0 Å². The zero-order valence-corrected chi connectivity index (χ0v) is 21.3. The highest BCUT2D eigenvalue weighted by Gasteiger charge is 2.49. The molecule has 0 radical (unpaired) electrons. The Labute approximate surface area is 212 Å². The molecule has 6 heterocycles. The molecular weight excluding hydrogens is 462 g/mol. The third kappa shape index (κ3) is 4.89. The lowest BCUT2D eigenvalue weighted by molar-refractivity contribution is -0.169. The Morgan fingerprint density at radius 2 is 1.86 bits per heavy atom. The highest BCUT2D eigenvalue weighted by atomic mass is 32.1. The van der Waals surface area contributed by atoms with Gasteiger partial charge in [0.25, 0.3) is 0 Å². The van der Waals surface area contributed by atoms with Crippen LogP contribution in [0.25, 0.3) is 0 Å². The molecule has 2 spiro atoms. The van der Waals surface area contributed by atoms with Crippen molar-refractivity contribution in [1.29, 1.82) is 0 Å². The molecule has 190 valence electrons. The SMILES string of the molecule is c1ccc(C2(CCNCc3sccc3N3CCC4(CC3)OCCO4)CCOC3(CCOC3)C2)nc1. The summed E-state index contributed by atoms with van der Waals surface area (Å²) in [6.07, 6.45) is 7.85. The van der Waals surface area contributed by atoms with E-state index in [9.17, 15) is 0 Å². The summed E-state index contributed by atoms with van der Waals surface area (Å²) in [5, 5.41) is 5.99. The summed E-state index contributed by atoms with van der Waals surface area (Å²) in [4.78, 5) is 8.73. The molecule has 6 rings (SSSR count). The zero-order chi connectivity index (χ0) is 23.6. The van der Waals surface area contributed by atoms with E-state index < -0.39 is 0 Å². The number of nitrogens with one attached hydrogen (secondary N) is 1. The number of anilines is 1. The zero-order valence-electron chi connectivity index (χ0n) is 20.5. The van der Waals surface area contributed by atoms with Gasteiger partial charge in [-0.15, -0.1) is 11.3 Å². The maximum atomic E-state index is 6.29. The number of nitrogens with zero attached hydrogens (tertiary/aromatic N) is 2. The van der Waals surface area contributed by atoms with Crippen molar-refractivity contribution < 1.29 is 18.9 Å². The predicted molar refractivity (Wildman–Crippen MR) is 136 cm³/mol. The average Bonchev–Trinajstić information content (AvgIpc) is 3.66. The summed E-state index contributed by atoms with van der Waals surface area (Å²) in [5.41, 5.74) is 2.45. The molecule has 0 amide bonds. The number of rotatable bonds is 7. The number of hydrogen-bond donors (Lipinski definition) is 1. The Bertz CT molecular complexity index is 964. The molecule has 4 saturated heterocycles.